The highest BCUT2D eigenvalue weighted by atomic mass is 31.2. The normalized spacial score (nSPS) is 14.4. The van der Waals surface area contributed by atoms with Crippen LogP contribution in [0, 0.1) is 0 Å². The van der Waals surface area contributed by atoms with Gasteiger partial charge in [-0.3, -0.25) is 4.57 Å². The maximum atomic E-state index is 12.7. The third kappa shape index (κ3) is 3.00. The predicted octanol–water partition coefficient (Wildman–Crippen LogP) is 4.51. The molecule has 1 unspecified atom stereocenters. The van der Waals surface area contributed by atoms with Crippen molar-refractivity contribution in [2.24, 2.45) is 0 Å². The molecule has 23 heavy (non-hydrogen) atoms. The molecule has 1 aliphatic carbocycles. The number of aliphatic hydroxyl groups excluding tert-OH is 1. The van der Waals surface area contributed by atoms with E-state index >= 15 is 0 Å². The average Bonchev–Trinajstić information content (AvgIpc) is 2.92. The number of benzene rings is 2. The van der Waals surface area contributed by atoms with E-state index in [2.05, 4.69) is 12.1 Å². The van der Waals surface area contributed by atoms with Crippen molar-refractivity contribution in [3.05, 3.63) is 59.2 Å². The van der Waals surface area contributed by atoms with Crippen LogP contribution in [0.1, 0.15) is 36.4 Å². The fraction of sp³-hybridized carbons (Fsp3) is 0.333. The molecule has 0 fully saturated rings. The smallest absolute Gasteiger partial charge is 0.363 e. The number of aliphatic hydroxyl groups is 1. The molecule has 0 saturated heterocycles. The van der Waals surface area contributed by atoms with Gasteiger partial charge in [-0.05, 0) is 48.1 Å². The van der Waals surface area contributed by atoms with E-state index in [1.807, 2.05) is 24.3 Å². The van der Waals surface area contributed by atoms with Crippen LogP contribution in [-0.2, 0) is 20.0 Å². The van der Waals surface area contributed by atoms with Crippen molar-refractivity contribution in [1.29, 1.82) is 0 Å². The van der Waals surface area contributed by atoms with E-state index in [0.717, 1.165) is 12.0 Å². The number of fused-ring (bicyclic) bond motifs is 3. The first-order valence-corrected chi connectivity index (χ1v) is 9.48. The van der Waals surface area contributed by atoms with Gasteiger partial charge in [-0.25, -0.2) is 0 Å². The van der Waals surface area contributed by atoms with E-state index in [1.165, 1.54) is 16.7 Å². The van der Waals surface area contributed by atoms with Crippen LogP contribution in [0.2, 0.25) is 0 Å². The van der Waals surface area contributed by atoms with Crippen LogP contribution in [0.5, 0.6) is 0 Å². The summed E-state index contributed by atoms with van der Waals surface area (Å²) >= 11 is 0. The van der Waals surface area contributed by atoms with Gasteiger partial charge in [0.05, 0.1) is 13.2 Å². The molecule has 0 spiro atoms. The fourth-order valence-corrected chi connectivity index (χ4v) is 4.65. The average molecular weight is 332 g/mol. The Bertz CT molecular complexity index is 746. The zero-order valence-electron chi connectivity index (χ0n) is 13.4. The van der Waals surface area contributed by atoms with Gasteiger partial charge >= 0.3 is 7.60 Å². The summed E-state index contributed by atoms with van der Waals surface area (Å²) < 4.78 is 23.2. The maximum Gasteiger partial charge on any atom is 0.363 e. The zero-order valence-corrected chi connectivity index (χ0v) is 14.3. The summed E-state index contributed by atoms with van der Waals surface area (Å²) in [6.07, 6.45) is 0.819. The molecule has 3 rings (SSSR count). The van der Waals surface area contributed by atoms with Crippen molar-refractivity contribution < 1.29 is 18.7 Å². The third-order valence-electron chi connectivity index (χ3n) is 4.03. The van der Waals surface area contributed by atoms with E-state index in [0.29, 0.717) is 5.56 Å². The van der Waals surface area contributed by atoms with Crippen LogP contribution in [-0.4, -0.2) is 18.3 Å². The minimum absolute atomic E-state index is 0.227. The molecule has 0 bridgehead atoms. The van der Waals surface area contributed by atoms with E-state index in [1.54, 1.807) is 19.9 Å². The summed E-state index contributed by atoms with van der Waals surface area (Å²) in [6, 6.07) is 13.9. The lowest BCUT2D eigenvalue weighted by atomic mass is 10.0. The molecule has 0 amide bonds. The van der Waals surface area contributed by atoms with Crippen molar-refractivity contribution in [2.75, 3.05) is 13.2 Å². The summed E-state index contributed by atoms with van der Waals surface area (Å²) in [5.74, 6) is -1.27. The second-order valence-electron chi connectivity index (χ2n) is 5.50. The van der Waals surface area contributed by atoms with Gasteiger partial charge in [0.2, 0.25) is 0 Å². The monoisotopic (exact) mass is 332 g/mol. The van der Waals surface area contributed by atoms with Crippen molar-refractivity contribution >= 4 is 7.60 Å². The molecule has 1 N–H and O–H groups in total. The summed E-state index contributed by atoms with van der Waals surface area (Å²) in [5, 5.41) is 10.5. The Labute approximate surface area is 136 Å². The van der Waals surface area contributed by atoms with Gasteiger partial charge in [0.15, 0.2) is 5.85 Å². The molecule has 0 radical (unpaired) electrons. The molecule has 4 nitrogen and oxygen atoms in total. The van der Waals surface area contributed by atoms with Crippen molar-refractivity contribution in [3.8, 4) is 11.1 Å². The van der Waals surface area contributed by atoms with Gasteiger partial charge < -0.3 is 14.2 Å². The largest absolute Gasteiger partial charge is 0.376 e. The van der Waals surface area contributed by atoms with Crippen LogP contribution in [0.3, 0.4) is 0 Å². The zero-order chi connectivity index (χ0) is 16.4. The second kappa shape index (κ2) is 6.58. The maximum absolute atomic E-state index is 12.7. The summed E-state index contributed by atoms with van der Waals surface area (Å²) in [6.45, 7) is 3.92. The minimum atomic E-state index is -3.58. The predicted molar refractivity (Wildman–Crippen MR) is 90.5 cm³/mol. The number of hydrogen-bond acceptors (Lipinski definition) is 4. The van der Waals surface area contributed by atoms with Crippen molar-refractivity contribution in [1.82, 2.24) is 0 Å². The summed E-state index contributed by atoms with van der Waals surface area (Å²) in [7, 11) is -3.58. The highest BCUT2D eigenvalue weighted by molar-refractivity contribution is 7.54. The lowest BCUT2D eigenvalue weighted by Gasteiger charge is -2.23. The lowest BCUT2D eigenvalue weighted by molar-refractivity contribution is 0.150. The van der Waals surface area contributed by atoms with Crippen LogP contribution < -0.4 is 0 Å². The van der Waals surface area contributed by atoms with Crippen LogP contribution in [0.15, 0.2) is 42.5 Å². The number of hydrogen-bond donors (Lipinski definition) is 1. The van der Waals surface area contributed by atoms with Crippen molar-refractivity contribution in [2.45, 2.75) is 26.1 Å². The Morgan fingerprint density at radius 1 is 1.04 bits per heavy atom. The molecule has 2 aromatic rings. The second-order valence-corrected chi connectivity index (χ2v) is 7.58. The minimum Gasteiger partial charge on any atom is -0.376 e. The van der Waals surface area contributed by atoms with Crippen LogP contribution in [0.25, 0.3) is 11.1 Å². The first-order valence-electron chi connectivity index (χ1n) is 7.87. The molecule has 0 aromatic heterocycles. The summed E-state index contributed by atoms with van der Waals surface area (Å²) in [4.78, 5) is 0. The molecule has 0 heterocycles. The molecule has 1 aliphatic rings. The topological polar surface area (TPSA) is 55.8 Å². The highest BCUT2D eigenvalue weighted by Crippen LogP contribution is 2.59. The van der Waals surface area contributed by atoms with E-state index in [9.17, 15) is 9.67 Å². The third-order valence-corrected chi connectivity index (χ3v) is 6.17. The summed E-state index contributed by atoms with van der Waals surface area (Å²) in [5.41, 5.74) is 5.36. The van der Waals surface area contributed by atoms with Gasteiger partial charge in [0.1, 0.15) is 0 Å². The van der Waals surface area contributed by atoms with Gasteiger partial charge in [0, 0.05) is 0 Å². The van der Waals surface area contributed by atoms with Gasteiger partial charge in [-0.15, -0.1) is 0 Å². The standard InChI is InChI=1S/C18H21O4P/c1-3-21-23(20,22-4-2)18(19)14-9-10-17-15(12-14)11-13-7-5-6-8-16(13)17/h5-10,12,18-19H,3-4,11H2,1-2H3. The lowest BCUT2D eigenvalue weighted by Crippen LogP contribution is -2.06. The Kier molecular flexibility index (Phi) is 4.69. The highest BCUT2D eigenvalue weighted by Gasteiger charge is 2.36. The van der Waals surface area contributed by atoms with E-state index in [4.69, 9.17) is 9.05 Å². The first kappa shape index (κ1) is 16.4. The quantitative estimate of drug-likeness (QED) is 0.675. The number of rotatable bonds is 6. The SMILES string of the molecule is CCOP(=O)(OCC)C(O)c1ccc2c(c1)Cc1ccccc1-2. The molecule has 1 atom stereocenters. The molecular weight excluding hydrogens is 311 g/mol. The molecule has 5 heteroatoms. The van der Waals surface area contributed by atoms with Crippen LogP contribution in [0.4, 0.5) is 0 Å². The molecule has 0 aliphatic heterocycles. The molecule has 122 valence electrons. The van der Waals surface area contributed by atoms with E-state index in [-0.39, 0.29) is 13.2 Å². The first-order chi connectivity index (χ1) is 11.1. The van der Waals surface area contributed by atoms with E-state index < -0.39 is 13.4 Å². The van der Waals surface area contributed by atoms with Crippen LogP contribution >= 0.6 is 7.60 Å². The van der Waals surface area contributed by atoms with Gasteiger partial charge in [-0.2, -0.15) is 0 Å². The van der Waals surface area contributed by atoms with Gasteiger partial charge in [-0.1, -0.05) is 42.5 Å². The molecule has 2 aromatic carbocycles. The Morgan fingerprint density at radius 3 is 2.39 bits per heavy atom. The van der Waals surface area contributed by atoms with Crippen molar-refractivity contribution in [3.63, 3.8) is 0 Å². The Morgan fingerprint density at radius 2 is 1.70 bits per heavy atom. The molecule has 0 saturated carbocycles. The molecular formula is C18H21O4P. The fourth-order valence-electron chi connectivity index (χ4n) is 3.05. The van der Waals surface area contributed by atoms with Gasteiger partial charge in [0.25, 0.3) is 0 Å². The Hall–Kier alpha value is -1.45. The Balaban J connectivity index is 1.94.